The molecule has 0 radical (unpaired) electrons. The molecule has 17 heteroatoms. The van der Waals surface area contributed by atoms with Gasteiger partial charge in [-0.2, -0.15) is 18.9 Å². The number of pyridine rings is 1. The number of para-hydroxylation sites is 4. The first-order chi connectivity index (χ1) is 68.6. The molecule has 15 nitrogen and oxygen atoms in total. The lowest BCUT2D eigenvalue weighted by atomic mass is 9.87. The van der Waals surface area contributed by atoms with Gasteiger partial charge in [0.15, 0.2) is 5.58 Å². The maximum Gasteiger partial charge on any atom is 0.167 e. The van der Waals surface area contributed by atoms with E-state index in [9.17, 15) is 0 Å². The van der Waals surface area contributed by atoms with Gasteiger partial charge in [0.05, 0.1) is 56.6 Å². The van der Waals surface area contributed by atoms with Crippen LogP contribution in [-0.2, 0) is 87.8 Å². The maximum atomic E-state index is 5.58. The first-order valence-electron chi connectivity index (χ1n) is 51.4. The van der Waals surface area contributed by atoms with E-state index >= 15 is 0 Å². The van der Waals surface area contributed by atoms with Gasteiger partial charge < -0.3 is 31.4 Å². The van der Waals surface area contributed by atoms with Crippen molar-refractivity contribution in [3.8, 4) is 0 Å². The van der Waals surface area contributed by atoms with Crippen molar-refractivity contribution in [2.45, 2.75) is 288 Å². The van der Waals surface area contributed by atoms with Crippen LogP contribution in [-0.4, -0.2) is 52.2 Å². The summed E-state index contributed by atoms with van der Waals surface area (Å²) < 4.78 is 42.4. The fourth-order valence-corrected chi connectivity index (χ4v) is 20.4. The zero-order chi connectivity index (χ0) is 108. The van der Waals surface area contributed by atoms with Gasteiger partial charge in [-0.05, 0) is 140 Å². The number of furan rings is 2. The molecule has 0 saturated carbocycles. The topological polar surface area (TPSA) is 154 Å². The Morgan fingerprint density at radius 3 is 1.29 bits per heavy atom. The summed E-state index contributed by atoms with van der Waals surface area (Å²) in [4.78, 5) is 1.38. The Kier molecular flexibility index (Phi) is 34.6. The highest BCUT2D eigenvalue weighted by Gasteiger charge is 2.30. The van der Waals surface area contributed by atoms with E-state index in [1.807, 2.05) is 127 Å². The quantitative estimate of drug-likeness (QED) is 0.143. The highest BCUT2D eigenvalue weighted by Crippen LogP contribution is 2.41. The van der Waals surface area contributed by atoms with Gasteiger partial charge in [-0.1, -0.05) is 427 Å². The van der Waals surface area contributed by atoms with E-state index in [1.165, 1.54) is 119 Å². The minimum absolute atomic E-state index is 0.0239. The number of benzene rings is 10. The van der Waals surface area contributed by atoms with E-state index in [-0.39, 0.29) is 59.6 Å². The van der Waals surface area contributed by atoms with Crippen molar-refractivity contribution in [3.63, 3.8) is 0 Å². The molecule has 10 aromatic carbocycles. The molecule has 772 valence electrons. The SMILES string of the molecule is CC(C)(C)c1ccn2ccccc12.CC(C)(C)c1coc2ccccc12.CC(C)(C)c1noc2ccccc12.CC(C)(C)c1nsc2ccccc12.CC(C)(C)c1occ2ccccc12.CC(C)(C)c1onc2ccccc12.CC(C)(C)c1snc2ccccc12.Cn1cc(C(C)(C)C)c2ccccc21.Cn1cc2ccccc2c1C(C)(C)C.Cn1nc(C(C)(C)C)c2ccccc21.Cn1nc2ccccc2c1C(C)(C)C. The highest BCUT2D eigenvalue weighted by atomic mass is 32.1. The van der Waals surface area contributed by atoms with Crippen LogP contribution in [0, 0.1) is 0 Å². The van der Waals surface area contributed by atoms with Gasteiger partial charge in [0.1, 0.15) is 22.6 Å². The molecule has 0 unspecified atom stereocenters. The highest BCUT2D eigenvalue weighted by molar-refractivity contribution is 7.13. The van der Waals surface area contributed by atoms with Gasteiger partial charge >= 0.3 is 0 Å². The average Bonchev–Trinajstić information content (AvgIpc) is 1.63. The predicted molar refractivity (Wildman–Crippen MR) is 630 cm³/mol. The molecule has 147 heavy (non-hydrogen) atoms. The molecule has 0 saturated heterocycles. The smallest absolute Gasteiger partial charge is 0.167 e. The van der Waals surface area contributed by atoms with Crippen LogP contribution in [0.25, 0.3) is 114 Å². The van der Waals surface area contributed by atoms with E-state index < -0.39 is 0 Å². The van der Waals surface area contributed by atoms with Crippen LogP contribution >= 0.6 is 23.1 Å². The molecule has 0 aliphatic rings. The Balaban J connectivity index is 0.000000144. The Hall–Kier alpha value is -13.2. The lowest BCUT2D eigenvalue weighted by Gasteiger charge is -2.20. The Labute approximate surface area is 882 Å². The molecule has 0 spiro atoms. The van der Waals surface area contributed by atoms with Crippen molar-refractivity contribution < 1.29 is 17.9 Å². The average molecular weight is 2010 g/mol. The molecular weight excluding hydrogens is 1840 g/mol. The van der Waals surface area contributed by atoms with Crippen LogP contribution in [0.4, 0.5) is 0 Å². The Morgan fingerprint density at radius 1 is 0.245 bits per heavy atom. The molecule has 22 rings (SSSR count). The summed E-state index contributed by atoms with van der Waals surface area (Å²) in [6.45, 7) is 72.7. The predicted octanol–water partition coefficient (Wildman–Crippen LogP) is 36.8. The zero-order valence-corrected chi connectivity index (χ0v) is 96.4. The molecule has 22 aromatic rings. The maximum absolute atomic E-state index is 5.58. The van der Waals surface area contributed by atoms with E-state index in [4.69, 9.17) is 17.9 Å². The number of hydrogen-bond donors (Lipinski definition) is 0. The minimum atomic E-state index is 0.0239. The lowest BCUT2D eigenvalue weighted by Crippen LogP contribution is -2.16. The molecule has 0 fully saturated rings. The lowest BCUT2D eigenvalue weighted by molar-refractivity contribution is 0.336. The molecule has 0 atom stereocenters. The van der Waals surface area contributed by atoms with E-state index in [2.05, 4.69) is 486 Å². The summed E-state index contributed by atoms with van der Waals surface area (Å²) in [7, 11) is 8.25. The van der Waals surface area contributed by atoms with Crippen molar-refractivity contribution in [2.24, 2.45) is 28.2 Å². The van der Waals surface area contributed by atoms with Crippen LogP contribution in [0.5, 0.6) is 0 Å². The van der Waals surface area contributed by atoms with Crippen molar-refractivity contribution in [2.75, 3.05) is 0 Å². The summed E-state index contributed by atoms with van der Waals surface area (Å²) in [5, 5.41) is 32.3. The van der Waals surface area contributed by atoms with Gasteiger partial charge in [0, 0.05) is 177 Å². The van der Waals surface area contributed by atoms with Gasteiger partial charge in [0.25, 0.3) is 0 Å². The van der Waals surface area contributed by atoms with Crippen molar-refractivity contribution in [1.82, 2.24) is 52.2 Å². The van der Waals surface area contributed by atoms with Crippen LogP contribution in [0.15, 0.2) is 322 Å². The molecule has 12 aromatic heterocycles. The fraction of sp³-hybridized carbons (Fsp3) is 0.369. The number of fused-ring (bicyclic) bond motifs is 11. The van der Waals surface area contributed by atoms with E-state index in [1.54, 1.807) is 23.1 Å². The number of aryl methyl sites for hydroxylation is 4. The second-order valence-electron chi connectivity index (χ2n) is 49.7. The molecule has 0 bridgehead atoms. The summed E-state index contributed by atoms with van der Waals surface area (Å²) in [6.07, 6.45) is 12.3. The largest absolute Gasteiger partial charge is 0.468 e. The number of hydrogen-bond acceptors (Lipinski definition) is 12. The van der Waals surface area contributed by atoms with E-state index in [0.717, 1.165) is 55.7 Å². The Bertz CT molecular complexity index is 7060. The van der Waals surface area contributed by atoms with Gasteiger partial charge in [-0.3, -0.25) is 9.36 Å². The standard InChI is InChI=1S/2C13H17N.2C12H16N2.C12H15N.2C12H14O.2C11H13NO.2C11H13NS/c1-13(2,3)11-9-14(4)12-8-6-5-7-10(11)12;1-13(2,3)12-11-8-6-5-7-10(11)9-14(12)4;1-12(2,3)11-9-7-5-6-8-10(9)14(4)13-11;1-12(2,3)11-9-7-5-6-8-10(9)13-14(11)4;1-12(2,3)10-7-9-13-8-5-4-6-11(10)13;1-12(2,3)10-8-13-11-7-5-4-6-9(10)11;1-12(2,3)11-10-7-5-4-6-9(10)8-13-11;1-11(2,3)10-8-6-4-5-7-9(8)13-12-10;1-11(2,3)10-8-6-4-5-7-9(8)12-13-10;1-11(2,3)10-8-6-4-5-7-9(8)13-12-10;1-11(2,3)10-8-6-4-5-7-9(8)12-13-10/h2*5-9H,1-4H3;2*5-8H,1-4H3;4-9H,1-3H3;2*4-8H,1-3H3;4*4-7H,1-3H3. The fourth-order valence-electron chi connectivity index (χ4n) is 18.5. The number of aromatic nitrogens is 11. The van der Waals surface area contributed by atoms with Crippen LogP contribution < -0.4 is 0 Å². The summed E-state index contributed by atoms with van der Waals surface area (Å²) in [5.41, 5.74) is 20.7. The van der Waals surface area contributed by atoms with Crippen LogP contribution in [0.1, 0.15) is 290 Å². The minimum Gasteiger partial charge on any atom is -0.468 e. The normalized spacial score (nSPS) is 12.3. The van der Waals surface area contributed by atoms with Crippen molar-refractivity contribution >= 4 is 137 Å². The molecule has 12 heterocycles. The molecule has 0 amide bonds. The molecule has 0 aliphatic heterocycles. The summed E-state index contributed by atoms with van der Waals surface area (Å²) >= 11 is 3.21. The third kappa shape index (κ3) is 28.0. The van der Waals surface area contributed by atoms with Gasteiger partial charge in [-0.15, -0.1) is 0 Å². The summed E-state index contributed by atoms with van der Waals surface area (Å²) in [5.74, 6) is 2.03. The number of nitrogens with zero attached hydrogens (tertiary/aromatic N) is 11. The third-order valence-corrected chi connectivity index (χ3v) is 27.5. The molecule has 0 aliphatic carbocycles. The first kappa shape index (κ1) is 113. The van der Waals surface area contributed by atoms with Crippen LogP contribution in [0.2, 0.25) is 0 Å². The van der Waals surface area contributed by atoms with Gasteiger partial charge in [0.2, 0.25) is 0 Å². The Morgan fingerprint density at radius 2 is 0.714 bits per heavy atom. The molecule has 0 N–H and O–H groups in total. The zero-order valence-electron chi connectivity index (χ0n) is 94.7. The first-order valence-corrected chi connectivity index (χ1v) is 53.0. The second kappa shape index (κ2) is 45.2. The van der Waals surface area contributed by atoms with Crippen LogP contribution in [0.3, 0.4) is 0 Å². The second-order valence-corrected chi connectivity index (χ2v) is 51.3. The van der Waals surface area contributed by atoms with Crippen molar-refractivity contribution in [3.05, 3.63) is 366 Å². The van der Waals surface area contributed by atoms with Gasteiger partial charge in [-0.25, -0.2) is 0 Å². The number of rotatable bonds is 0. The third-order valence-electron chi connectivity index (χ3n) is 25.4. The summed E-state index contributed by atoms with van der Waals surface area (Å²) in [6, 6.07) is 91.5. The van der Waals surface area contributed by atoms with E-state index in [0.29, 0.717) is 0 Å². The van der Waals surface area contributed by atoms with Crippen molar-refractivity contribution in [1.29, 1.82) is 0 Å². The molecular formula is C130H161N11O4S2. The monoisotopic (exact) mass is 2000 g/mol.